The fourth-order valence-corrected chi connectivity index (χ4v) is 4.79. The molecule has 174 valence electrons. The second-order valence-electron chi connectivity index (χ2n) is 8.81. The van der Waals surface area contributed by atoms with Crippen LogP contribution in [0.15, 0.2) is 55.1 Å². The van der Waals surface area contributed by atoms with Crippen LogP contribution in [0.5, 0.6) is 0 Å². The monoisotopic (exact) mass is 465 g/mol. The number of rotatable bonds is 6. The van der Waals surface area contributed by atoms with Gasteiger partial charge in [0.05, 0.1) is 23.1 Å². The summed E-state index contributed by atoms with van der Waals surface area (Å²) in [7, 11) is 0. The highest BCUT2D eigenvalue weighted by Gasteiger charge is 2.34. The third kappa shape index (κ3) is 3.39. The second-order valence-corrected chi connectivity index (χ2v) is 8.81. The fraction of sp³-hybridized carbons (Fsp3) is 0.231. The van der Waals surface area contributed by atoms with Gasteiger partial charge in [0.25, 0.3) is 11.8 Å². The van der Waals surface area contributed by atoms with Crippen LogP contribution in [0.1, 0.15) is 49.8 Å². The zero-order valence-electron chi connectivity index (χ0n) is 19.5. The van der Waals surface area contributed by atoms with E-state index < -0.39 is 0 Å². The highest BCUT2D eigenvalue weighted by Crippen LogP contribution is 2.28. The smallest absolute Gasteiger partial charge is 0.261 e. The maximum Gasteiger partial charge on any atom is 0.261 e. The van der Waals surface area contributed by atoms with E-state index in [0.717, 1.165) is 33.5 Å². The number of benzene rings is 1. The van der Waals surface area contributed by atoms with Gasteiger partial charge in [-0.15, -0.1) is 5.10 Å². The van der Waals surface area contributed by atoms with Gasteiger partial charge in [-0.25, -0.2) is 14.5 Å². The van der Waals surface area contributed by atoms with Gasteiger partial charge in [0.2, 0.25) is 0 Å². The molecule has 6 rings (SSSR count). The van der Waals surface area contributed by atoms with Crippen molar-refractivity contribution in [3.05, 3.63) is 88.9 Å². The Morgan fingerprint density at radius 3 is 2.43 bits per heavy atom. The van der Waals surface area contributed by atoms with Crippen molar-refractivity contribution < 1.29 is 9.59 Å². The molecule has 9 heteroatoms. The summed E-state index contributed by atoms with van der Waals surface area (Å²) in [6.07, 6.45) is 6.45. The van der Waals surface area contributed by atoms with Crippen molar-refractivity contribution in [2.45, 2.75) is 33.2 Å². The van der Waals surface area contributed by atoms with Crippen molar-refractivity contribution in [3.63, 3.8) is 0 Å². The molecule has 0 spiro atoms. The minimum absolute atomic E-state index is 0.236. The molecule has 0 radical (unpaired) electrons. The Kier molecular flexibility index (Phi) is 4.91. The maximum atomic E-state index is 12.6. The third-order valence-corrected chi connectivity index (χ3v) is 6.71. The molecule has 1 aromatic carbocycles. The largest absolute Gasteiger partial charge is 0.325 e. The normalized spacial score (nSPS) is 13.4. The topological polar surface area (TPSA) is 98.3 Å². The molecule has 5 heterocycles. The number of aromatic nitrogens is 6. The fourth-order valence-electron chi connectivity index (χ4n) is 4.79. The van der Waals surface area contributed by atoms with Crippen molar-refractivity contribution in [3.8, 4) is 0 Å². The summed E-state index contributed by atoms with van der Waals surface area (Å²) in [6.45, 7) is 5.17. The molecule has 1 aliphatic rings. The average molecular weight is 466 g/mol. The van der Waals surface area contributed by atoms with E-state index in [2.05, 4.69) is 34.6 Å². The lowest BCUT2D eigenvalue weighted by atomic mass is 10.1. The molecule has 35 heavy (non-hydrogen) atoms. The predicted octanol–water partition coefficient (Wildman–Crippen LogP) is 3.37. The van der Waals surface area contributed by atoms with Crippen LogP contribution in [-0.4, -0.2) is 52.4 Å². The molecular weight excluding hydrogens is 442 g/mol. The van der Waals surface area contributed by atoms with Crippen LogP contribution in [0.3, 0.4) is 0 Å². The molecule has 0 atom stereocenters. The number of amides is 2. The number of carbonyl (C=O) groups excluding carboxylic acids is 2. The van der Waals surface area contributed by atoms with Crippen LogP contribution in [-0.2, 0) is 13.0 Å². The van der Waals surface area contributed by atoms with E-state index in [1.54, 1.807) is 41.3 Å². The molecule has 9 nitrogen and oxygen atoms in total. The minimum Gasteiger partial charge on any atom is -0.325 e. The maximum absolute atomic E-state index is 12.6. The van der Waals surface area contributed by atoms with Crippen LogP contribution in [0.25, 0.3) is 16.7 Å². The Morgan fingerprint density at radius 2 is 1.71 bits per heavy atom. The van der Waals surface area contributed by atoms with Gasteiger partial charge in [0.15, 0.2) is 11.5 Å². The van der Waals surface area contributed by atoms with Crippen LogP contribution >= 0.6 is 0 Å². The van der Waals surface area contributed by atoms with Gasteiger partial charge in [0.1, 0.15) is 12.0 Å². The molecule has 0 saturated carbocycles. The van der Waals surface area contributed by atoms with E-state index in [-0.39, 0.29) is 11.8 Å². The van der Waals surface area contributed by atoms with Crippen LogP contribution in [0.4, 0.5) is 0 Å². The van der Waals surface area contributed by atoms with Crippen molar-refractivity contribution in [2.75, 3.05) is 6.54 Å². The van der Waals surface area contributed by atoms with Gasteiger partial charge in [-0.05, 0) is 49.6 Å². The number of fused-ring (bicyclic) bond motifs is 4. The van der Waals surface area contributed by atoms with Gasteiger partial charge < -0.3 is 4.57 Å². The Labute approximate surface area is 201 Å². The SMILES string of the molecule is Cc1c(C)n(Cc2cccnc2)c2ncn3nc(CCCN4C(=O)c5ccccc5C4=O)nc3c12. The van der Waals surface area contributed by atoms with Crippen molar-refractivity contribution in [1.82, 2.24) is 34.0 Å². The number of imide groups is 1. The summed E-state index contributed by atoms with van der Waals surface area (Å²) in [6, 6.07) is 10.9. The Bertz CT molecular complexity index is 1580. The number of aryl methyl sites for hydroxylation is 2. The molecule has 2 amide bonds. The van der Waals surface area contributed by atoms with Crippen LogP contribution < -0.4 is 0 Å². The first-order valence-electron chi connectivity index (χ1n) is 11.6. The highest BCUT2D eigenvalue weighted by atomic mass is 16.2. The van der Waals surface area contributed by atoms with Crippen molar-refractivity contribution in [1.29, 1.82) is 0 Å². The lowest BCUT2D eigenvalue weighted by Gasteiger charge is -2.12. The van der Waals surface area contributed by atoms with Crippen LogP contribution in [0, 0.1) is 13.8 Å². The molecule has 5 aromatic rings. The highest BCUT2D eigenvalue weighted by molar-refractivity contribution is 6.21. The number of nitrogens with zero attached hydrogens (tertiary/aromatic N) is 7. The number of pyridine rings is 1. The molecule has 0 aliphatic carbocycles. The standard InChI is InChI=1S/C26H23N7O2/c1-16-17(2)32(14-18-7-5-11-27-13-18)23-22(16)24-29-21(30-33(24)15-28-23)10-6-12-31-25(34)19-8-3-4-9-20(19)26(31)35/h3-5,7-9,11,13,15H,6,10,12,14H2,1-2H3. The van der Waals surface area contributed by atoms with Gasteiger partial charge in [-0.3, -0.25) is 19.5 Å². The van der Waals surface area contributed by atoms with Gasteiger partial charge in [-0.2, -0.15) is 0 Å². The quantitative estimate of drug-likeness (QED) is 0.357. The molecule has 0 bridgehead atoms. The first-order valence-corrected chi connectivity index (χ1v) is 11.6. The van der Waals surface area contributed by atoms with Crippen LogP contribution in [0.2, 0.25) is 0 Å². The van der Waals surface area contributed by atoms with E-state index in [9.17, 15) is 9.59 Å². The lowest BCUT2D eigenvalue weighted by Crippen LogP contribution is -2.31. The van der Waals surface area contributed by atoms with Gasteiger partial charge >= 0.3 is 0 Å². The zero-order chi connectivity index (χ0) is 24.1. The van der Waals surface area contributed by atoms with Crippen molar-refractivity contribution in [2.24, 2.45) is 0 Å². The molecule has 0 N–H and O–H groups in total. The summed E-state index contributed by atoms with van der Waals surface area (Å²) >= 11 is 0. The number of hydrogen-bond acceptors (Lipinski definition) is 6. The Morgan fingerprint density at radius 1 is 0.943 bits per heavy atom. The zero-order valence-corrected chi connectivity index (χ0v) is 19.5. The predicted molar refractivity (Wildman–Crippen MR) is 129 cm³/mol. The summed E-state index contributed by atoms with van der Waals surface area (Å²) in [4.78, 5) is 40.2. The average Bonchev–Trinajstić information content (AvgIpc) is 3.48. The lowest BCUT2D eigenvalue weighted by molar-refractivity contribution is 0.0652. The molecule has 0 saturated heterocycles. The third-order valence-electron chi connectivity index (χ3n) is 6.71. The number of hydrogen-bond donors (Lipinski definition) is 0. The second kappa shape index (κ2) is 8.12. The van der Waals surface area contributed by atoms with Gasteiger partial charge in [0, 0.05) is 31.1 Å². The first-order chi connectivity index (χ1) is 17.0. The molecule has 0 unspecified atom stereocenters. The molecular formula is C26H23N7O2. The van der Waals surface area contributed by atoms with E-state index in [4.69, 9.17) is 9.97 Å². The van der Waals surface area contributed by atoms with Crippen molar-refractivity contribution >= 4 is 28.5 Å². The first kappa shape index (κ1) is 21.2. The molecule has 4 aromatic heterocycles. The molecule has 1 aliphatic heterocycles. The van der Waals surface area contributed by atoms with E-state index in [0.29, 0.717) is 42.9 Å². The summed E-state index contributed by atoms with van der Waals surface area (Å²) in [5.74, 6) is 0.189. The number of carbonyl (C=O) groups is 2. The molecule has 0 fully saturated rings. The summed E-state index contributed by atoms with van der Waals surface area (Å²) in [5, 5.41) is 5.58. The summed E-state index contributed by atoms with van der Waals surface area (Å²) < 4.78 is 3.89. The minimum atomic E-state index is -0.236. The summed E-state index contributed by atoms with van der Waals surface area (Å²) in [5.41, 5.74) is 5.91. The Balaban J connectivity index is 1.25. The van der Waals surface area contributed by atoms with E-state index >= 15 is 0 Å². The van der Waals surface area contributed by atoms with Gasteiger partial charge in [-0.1, -0.05) is 18.2 Å². The van der Waals surface area contributed by atoms with E-state index in [1.807, 2.05) is 12.3 Å². The Hall–Kier alpha value is -4.40. The van der Waals surface area contributed by atoms with E-state index in [1.165, 1.54) is 4.90 Å².